The van der Waals surface area contributed by atoms with Crippen molar-refractivity contribution >= 4 is 55.2 Å². The molecule has 6 nitrogen and oxygen atoms in total. The van der Waals surface area contributed by atoms with Crippen LogP contribution in [0.15, 0.2) is 98.1 Å². The van der Waals surface area contributed by atoms with Gasteiger partial charge in [-0.1, -0.05) is 86.1 Å². The van der Waals surface area contributed by atoms with Crippen LogP contribution in [0.3, 0.4) is 0 Å². The smallest absolute Gasteiger partial charge is 0.250 e. The molecule has 3 aromatic carbocycles. The summed E-state index contributed by atoms with van der Waals surface area (Å²) in [5.74, 6) is 0.642. The van der Waals surface area contributed by atoms with Crippen molar-refractivity contribution in [3.05, 3.63) is 93.4 Å². The molecule has 33 heavy (non-hydrogen) atoms. The molecule has 0 atom stereocenters. The van der Waals surface area contributed by atoms with Crippen molar-refractivity contribution in [3.63, 3.8) is 0 Å². The average molecular weight is 585 g/mol. The normalized spacial score (nSPS) is 11.4. The van der Waals surface area contributed by atoms with Gasteiger partial charge in [0.1, 0.15) is 0 Å². The Hall–Kier alpha value is -2.75. The van der Waals surface area contributed by atoms with Gasteiger partial charge in [0.05, 0.1) is 11.5 Å². The maximum Gasteiger partial charge on any atom is 0.250 e. The molecule has 0 aliphatic carbocycles. The topological polar surface area (TPSA) is 72.2 Å². The van der Waals surface area contributed by atoms with Crippen LogP contribution in [0.2, 0.25) is 0 Å². The zero-order valence-electron chi connectivity index (χ0n) is 17.6. The molecule has 0 unspecified atom stereocenters. The van der Waals surface area contributed by atoms with E-state index in [0.717, 1.165) is 31.5 Å². The summed E-state index contributed by atoms with van der Waals surface area (Å²) < 4.78 is 3.90. The third kappa shape index (κ3) is 5.98. The van der Waals surface area contributed by atoms with Crippen molar-refractivity contribution in [2.45, 2.75) is 12.1 Å². The van der Waals surface area contributed by atoms with Crippen LogP contribution in [0, 0.1) is 0 Å². The Morgan fingerprint density at radius 2 is 1.73 bits per heavy atom. The summed E-state index contributed by atoms with van der Waals surface area (Å²) in [4.78, 5) is 12.5. The average Bonchev–Trinajstić information content (AvgIpc) is 3.26. The van der Waals surface area contributed by atoms with Crippen molar-refractivity contribution in [3.8, 4) is 17.1 Å². The maximum atomic E-state index is 12.5. The fourth-order valence-electron chi connectivity index (χ4n) is 3.05. The van der Waals surface area contributed by atoms with Crippen molar-refractivity contribution in [1.82, 2.24) is 20.2 Å². The number of hydrogen-bond acceptors (Lipinski definition) is 5. The Bertz CT molecular complexity index is 1290. The second-order valence-electron chi connectivity index (χ2n) is 7.02. The molecule has 0 saturated carbocycles. The number of carbonyl (C=O) groups excluding carboxylic acids is 1. The third-order valence-corrected chi connectivity index (χ3v) is 6.62. The molecule has 1 heterocycles. The highest BCUT2D eigenvalue weighted by molar-refractivity contribution is 9.10. The number of rotatable bonds is 7. The van der Waals surface area contributed by atoms with Crippen LogP contribution >= 0.6 is 43.6 Å². The zero-order chi connectivity index (χ0) is 23.2. The first-order chi connectivity index (χ1) is 16.0. The van der Waals surface area contributed by atoms with Crippen molar-refractivity contribution < 1.29 is 4.79 Å². The van der Waals surface area contributed by atoms with Crippen molar-refractivity contribution in [2.24, 2.45) is 5.10 Å². The Balaban J connectivity index is 1.51. The van der Waals surface area contributed by atoms with Gasteiger partial charge in [0.25, 0.3) is 5.91 Å². The predicted octanol–water partition coefficient (Wildman–Crippen LogP) is 6.09. The largest absolute Gasteiger partial charge is 0.272 e. The summed E-state index contributed by atoms with van der Waals surface area (Å²) in [5.41, 5.74) is 6.13. The van der Waals surface area contributed by atoms with Gasteiger partial charge in [0.15, 0.2) is 11.0 Å². The number of para-hydroxylation sites is 1. The van der Waals surface area contributed by atoms with E-state index >= 15 is 0 Å². The number of aromatic nitrogens is 3. The number of carbonyl (C=O) groups is 1. The maximum absolute atomic E-state index is 12.5. The number of nitrogens with one attached hydrogen (secondary N) is 1. The molecule has 0 fully saturated rings. The fourth-order valence-corrected chi connectivity index (χ4v) is 4.45. The van der Waals surface area contributed by atoms with Gasteiger partial charge in [-0.25, -0.2) is 5.43 Å². The van der Waals surface area contributed by atoms with Gasteiger partial charge >= 0.3 is 0 Å². The lowest BCUT2D eigenvalue weighted by Crippen LogP contribution is -2.21. The molecule has 0 spiro atoms. The van der Waals surface area contributed by atoms with E-state index in [0.29, 0.717) is 11.0 Å². The van der Waals surface area contributed by atoms with E-state index in [1.54, 1.807) is 0 Å². The fraction of sp³-hybridized carbons (Fsp3) is 0.0833. The standard InChI is InChI=1S/C24H19Br2N5OS/c1-16(18-6-5-7-20(26)14-18)27-28-22(32)15-33-24-30-29-23(17-10-12-19(25)13-11-17)31(24)21-8-3-2-4-9-21/h2-14H,15H2,1H3,(H,28,32)/b27-16+. The lowest BCUT2D eigenvalue weighted by molar-refractivity contribution is -0.118. The van der Waals surface area contributed by atoms with Gasteiger partial charge < -0.3 is 0 Å². The van der Waals surface area contributed by atoms with E-state index in [2.05, 4.69) is 52.6 Å². The summed E-state index contributed by atoms with van der Waals surface area (Å²) >= 11 is 8.22. The van der Waals surface area contributed by atoms with E-state index < -0.39 is 0 Å². The van der Waals surface area contributed by atoms with Crippen LogP contribution in [0.1, 0.15) is 12.5 Å². The molecule has 9 heteroatoms. The van der Waals surface area contributed by atoms with Gasteiger partial charge in [-0.15, -0.1) is 10.2 Å². The van der Waals surface area contributed by atoms with Crippen LogP contribution in [0.5, 0.6) is 0 Å². The Morgan fingerprint density at radius 3 is 2.45 bits per heavy atom. The monoisotopic (exact) mass is 583 g/mol. The van der Waals surface area contributed by atoms with Crippen LogP contribution in [-0.4, -0.2) is 32.1 Å². The molecule has 166 valence electrons. The van der Waals surface area contributed by atoms with Crippen LogP contribution in [0.4, 0.5) is 0 Å². The molecule has 0 radical (unpaired) electrons. The molecule has 0 aliphatic rings. The van der Waals surface area contributed by atoms with Crippen molar-refractivity contribution in [1.29, 1.82) is 0 Å². The molecule has 4 aromatic rings. The van der Waals surface area contributed by atoms with Gasteiger partial charge in [0, 0.05) is 20.2 Å². The summed E-state index contributed by atoms with van der Waals surface area (Å²) in [6.45, 7) is 1.85. The lowest BCUT2D eigenvalue weighted by Gasteiger charge is -2.10. The number of benzene rings is 3. The van der Waals surface area contributed by atoms with Crippen LogP contribution in [0.25, 0.3) is 17.1 Å². The highest BCUT2D eigenvalue weighted by Gasteiger charge is 2.17. The molecule has 1 amide bonds. The van der Waals surface area contributed by atoms with Gasteiger partial charge in [-0.05, 0) is 48.9 Å². The van der Waals surface area contributed by atoms with E-state index in [1.807, 2.05) is 90.4 Å². The van der Waals surface area contributed by atoms with E-state index in [-0.39, 0.29) is 11.7 Å². The Kier molecular flexibility index (Phi) is 7.74. The number of thioether (sulfide) groups is 1. The van der Waals surface area contributed by atoms with Crippen molar-refractivity contribution in [2.75, 3.05) is 5.75 Å². The molecular formula is C24H19Br2N5OS. The minimum absolute atomic E-state index is 0.153. The summed E-state index contributed by atoms with van der Waals surface area (Å²) in [5, 5.41) is 13.6. The molecule has 4 rings (SSSR count). The molecule has 0 bridgehead atoms. The number of amides is 1. The van der Waals surface area contributed by atoms with Crippen LogP contribution < -0.4 is 5.43 Å². The number of nitrogens with zero attached hydrogens (tertiary/aromatic N) is 4. The first-order valence-corrected chi connectivity index (χ1v) is 12.6. The minimum Gasteiger partial charge on any atom is -0.272 e. The molecule has 0 saturated heterocycles. The summed E-state index contributed by atoms with van der Waals surface area (Å²) in [6.07, 6.45) is 0. The lowest BCUT2D eigenvalue weighted by atomic mass is 10.1. The highest BCUT2D eigenvalue weighted by Crippen LogP contribution is 2.28. The zero-order valence-corrected chi connectivity index (χ0v) is 21.6. The molecule has 0 aliphatic heterocycles. The molecule has 1 aromatic heterocycles. The number of hydrogen-bond donors (Lipinski definition) is 1. The third-order valence-electron chi connectivity index (χ3n) is 4.67. The Labute approximate surface area is 212 Å². The SMILES string of the molecule is C/C(=N\NC(=O)CSc1nnc(-c2ccc(Br)cc2)n1-c1ccccc1)c1cccc(Br)c1. The first kappa shape index (κ1) is 23.4. The quantitative estimate of drug-likeness (QED) is 0.162. The van der Waals surface area contributed by atoms with Gasteiger partial charge in [-0.2, -0.15) is 5.10 Å². The minimum atomic E-state index is -0.220. The van der Waals surface area contributed by atoms with E-state index in [1.165, 1.54) is 11.8 Å². The van der Waals surface area contributed by atoms with E-state index in [9.17, 15) is 4.79 Å². The number of halogens is 2. The summed E-state index contributed by atoms with van der Waals surface area (Å²) in [7, 11) is 0. The van der Waals surface area contributed by atoms with Gasteiger partial charge in [-0.3, -0.25) is 9.36 Å². The first-order valence-electron chi connectivity index (χ1n) is 10.00. The second-order valence-corrected chi connectivity index (χ2v) is 9.79. The predicted molar refractivity (Wildman–Crippen MR) is 140 cm³/mol. The molecule has 1 N–H and O–H groups in total. The van der Waals surface area contributed by atoms with E-state index in [4.69, 9.17) is 0 Å². The second kappa shape index (κ2) is 10.9. The van der Waals surface area contributed by atoms with Crippen LogP contribution in [-0.2, 0) is 4.79 Å². The molecular weight excluding hydrogens is 566 g/mol. The Morgan fingerprint density at radius 1 is 0.970 bits per heavy atom. The highest BCUT2D eigenvalue weighted by atomic mass is 79.9. The van der Waals surface area contributed by atoms with Gasteiger partial charge in [0.2, 0.25) is 0 Å². The number of hydrazone groups is 1. The summed E-state index contributed by atoms with van der Waals surface area (Å²) in [6, 6.07) is 25.5.